The van der Waals surface area contributed by atoms with E-state index in [4.69, 9.17) is 0 Å². The number of benzene rings is 3. The van der Waals surface area contributed by atoms with Gasteiger partial charge in [-0.25, -0.2) is 0 Å². The molecule has 1 aliphatic heterocycles. The highest BCUT2D eigenvalue weighted by Gasteiger charge is 2.36. The molecule has 0 atom stereocenters. The van der Waals surface area contributed by atoms with Crippen LogP contribution in [0.5, 0.6) is 0 Å². The van der Waals surface area contributed by atoms with Crippen LogP contribution in [-0.4, -0.2) is 8.07 Å². The van der Waals surface area contributed by atoms with Crippen LogP contribution in [0.15, 0.2) is 114 Å². The molecule has 0 fully saturated rings. The number of hydrogen-bond acceptors (Lipinski definition) is 0. The number of hydrogen-bond donors (Lipinski definition) is 0. The van der Waals surface area contributed by atoms with Gasteiger partial charge in [0.15, 0.2) is 0 Å². The summed E-state index contributed by atoms with van der Waals surface area (Å²) in [5.74, 6) is 0. The van der Waals surface area contributed by atoms with Gasteiger partial charge in [0.05, 0.1) is 0 Å². The van der Waals surface area contributed by atoms with E-state index in [9.17, 15) is 0 Å². The Morgan fingerprint density at radius 2 is 1.00 bits per heavy atom. The molecule has 0 nitrogen and oxygen atoms in total. The normalized spacial score (nSPS) is 15.0. The van der Waals surface area contributed by atoms with Crippen molar-refractivity contribution < 1.29 is 0 Å². The molecule has 128 valence electrons. The van der Waals surface area contributed by atoms with Gasteiger partial charge in [-0.05, 0) is 24.1 Å². The molecule has 0 unspecified atom stereocenters. The van der Waals surface area contributed by atoms with E-state index < -0.39 is 8.07 Å². The first-order chi connectivity index (χ1) is 12.8. The highest BCUT2D eigenvalue weighted by atomic mass is 28.3. The average Bonchev–Trinajstić information content (AvgIpc) is 3.06. The summed E-state index contributed by atoms with van der Waals surface area (Å²) in [5.41, 5.74) is 6.90. The monoisotopic (exact) mass is 352 g/mol. The van der Waals surface area contributed by atoms with Crippen LogP contribution in [0.4, 0.5) is 0 Å². The minimum absolute atomic E-state index is 1.07. The van der Waals surface area contributed by atoms with E-state index in [1.54, 1.807) is 5.20 Å². The van der Waals surface area contributed by atoms with Crippen LogP contribution in [0, 0.1) is 0 Å². The molecule has 0 bridgehead atoms. The van der Waals surface area contributed by atoms with Crippen LogP contribution in [0.2, 0.25) is 0 Å². The van der Waals surface area contributed by atoms with E-state index in [2.05, 4.69) is 109 Å². The van der Waals surface area contributed by atoms with Crippen LogP contribution >= 0.6 is 0 Å². The summed E-state index contributed by atoms with van der Waals surface area (Å²) in [6.45, 7) is 0. The molecule has 0 amide bonds. The molecule has 1 heterocycles. The molecule has 0 aliphatic carbocycles. The second-order valence-electron chi connectivity index (χ2n) is 7.19. The molecule has 26 heavy (non-hydrogen) atoms. The lowest BCUT2D eigenvalue weighted by Gasteiger charge is -2.30. The van der Waals surface area contributed by atoms with Gasteiger partial charge in [-0.3, -0.25) is 0 Å². The Morgan fingerprint density at radius 3 is 1.50 bits per heavy atom. The van der Waals surface area contributed by atoms with E-state index in [1.807, 2.05) is 0 Å². The third-order valence-corrected chi connectivity index (χ3v) is 9.85. The van der Waals surface area contributed by atoms with Crippen molar-refractivity contribution in [3.8, 4) is 0 Å². The Hall–Kier alpha value is -2.64. The van der Waals surface area contributed by atoms with Gasteiger partial charge in [0.25, 0.3) is 0 Å². The standard InChI is InChI=1S/C25H24Si/c1-4-11-22(12-5-1)19-25-17-10-18-26(25,20-23-13-6-2-7-14-23)21-24-15-8-3-9-16-24/h1-18H,19-21H2. The van der Waals surface area contributed by atoms with Crippen LogP contribution < -0.4 is 0 Å². The Morgan fingerprint density at radius 1 is 0.538 bits per heavy atom. The predicted octanol–water partition coefficient (Wildman–Crippen LogP) is 5.82. The smallest absolute Gasteiger partial charge is 0.0897 e. The van der Waals surface area contributed by atoms with Crippen molar-refractivity contribution in [1.29, 1.82) is 0 Å². The highest BCUT2D eigenvalue weighted by molar-refractivity contribution is 6.90. The zero-order valence-corrected chi connectivity index (χ0v) is 16.0. The van der Waals surface area contributed by atoms with E-state index in [0.717, 1.165) is 6.42 Å². The van der Waals surface area contributed by atoms with Crippen molar-refractivity contribution in [3.63, 3.8) is 0 Å². The van der Waals surface area contributed by atoms with E-state index in [0.29, 0.717) is 0 Å². The molecule has 0 aromatic heterocycles. The maximum Gasteiger partial charge on any atom is 0.114 e. The van der Waals surface area contributed by atoms with Crippen molar-refractivity contribution in [2.75, 3.05) is 0 Å². The zero-order valence-electron chi connectivity index (χ0n) is 15.0. The van der Waals surface area contributed by atoms with Crippen LogP contribution in [-0.2, 0) is 18.5 Å². The first-order valence-electron chi connectivity index (χ1n) is 9.35. The average molecular weight is 353 g/mol. The number of rotatable bonds is 6. The molecule has 1 heteroatoms. The summed E-state index contributed by atoms with van der Waals surface area (Å²) in [6, 6.07) is 35.3. The first-order valence-corrected chi connectivity index (χ1v) is 11.8. The maximum atomic E-state index is 2.56. The SMILES string of the molecule is C1=C[Si](Cc2ccccc2)(Cc2ccccc2)C(Cc2ccccc2)=C1. The van der Waals surface area contributed by atoms with Gasteiger partial charge in [0.2, 0.25) is 0 Å². The first kappa shape index (κ1) is 16.8. The molecule has 3 aromatic rings. The zero-order chi connectivity index (χ0) is 17.7. The lowest BCUT2D eigenvalue weighted by atomic mass is 10.1. The van der Waals surface area contributed by atoms with Crippen molar-refractivity contribution in [1.82, 2.24) is 0 Å². The Balaban J connectivity index is 1.67. The molecule has 1 aliphatic rings. The third kappa shape index (κ3) is 3.78. The van der Waals surface area contributed by atoms with Gasteiger partial charge in [0, 0.05) is 0 Å². The highest BCUT2D eigenvalue weighted by Crippen LogP contribution is 2.32. The third-order valence-electron chi connectivity index (χ3n) is 5.31. The summed E-state index contributed by atoms with van der Waals surface area (Å²) in [7, 11) is -1.75. The fourth-order valence-corrected chi connectivity index (χ4v) is 8.41. The fraction of sp³-hybridized carbons (Fsp3) is 0.120. The van der Waals surface area contributed by atoms with Gasteiger partial charge >= 0.3 is 0 Å². The summed E-state index contributed by atoms with van der Waals surface area (Å²) in [5, 5.41) is 1.65. The lowest BCUT2D eigenvalue weighted by Crippen LogP contribution is -2.41. The molecule has 0 saturated heterocycles. The Labute approximate surface area is 157 Å². The molecule has 0 N–H and O–H groups in total. The van der Waals surface area contributed by atoms with Gasteiger partial charge < -0.3 is 0 Å². The van der Waals surface area contributed by atoms with Gasteiger partial charge in [-0.15, -0.1) is 0 Å². The minimum Gasteiger partial charge on any atom is -0.0897 e. The van der Waals surface area contributed by atoms with Crippen LogP contribution in [0.3, 0.4) is 0 Å². The van der Waals surface area contributed by atoms with Gasteiger partial charge in [0.1, 0.15) is 8.07 Å². The van der Waals surface area contributed by atoms with Gasteiger partial charge in [-0.1, -0.05) is 125 Å². The molecule has 0 spiro atoms. The molecule has 0 saturated carbocycles. The van der Waals surface area contributed by atoms with Crippen molar-refractivity contribution >= 4 is 8.07 Å². The maximum absolute atomic E-state index is 2.56. The Bertz CT molecular complexity index is 851. The molecule has 3 aromatic carbocycles. The van der Waals surface area contributed by atoms with Gasteiger partial charge in [-0.2, -0.15) is 0 Å². The number of allylic oxidation sites excluding steroid dienone is 3. The van der Waals surface area contributed by atoms with E-state index in [1.165, 1.54) is 28.8 Å². The molecular formula is C25H24Si. The minimum atomic E-state index is -1.75. The van der Waals surface area contributed by atoms with Crippen LogP contribution in [0.1, 0.15) is 16.7 Å². The van der Waals surface area contributed by atoms with E-state index >= 15 is 0 Å². The van der Waals surface area contributed by atoms with Crippen LogP contribution in [0.25, 0.3) is 0 Å². The van der Waals surface area contributed by atoms with E-state index in [-0.39, 0.29) is 0 Å². The van der Waals surface area contributed by atoms with Crippen molar-refractivity contribution in [2.45, 2.75) is 18.5 Å². The largest absolute Gasteiger partial charge is 0.114 e. The second-order valence-corrected chi connectivity index (χ2v) is 11.2. The summed E-state index contributed by atoms with van der Waals surface area (Å²) in [6.07, 6.45) is 5.78. The molecular weight excluding hydrogens is 328 g/mol. The predicted molar refractivity (Wildman–Crippen MR) is 113 cm³/mol. The Kier molecular flexibility index (Phi) is 4.99. The summed E-state index contributed by atoms with van der Waals surface area (Å²) in [4.78, 5) is 0. The molecule has 4 rings (SSSR count). The second kappa shape index (κ2) is 7.71. The molecule has 0 radical (unpaired) electrons. The summed E-state index contributed by atoms with van der Waals surface area (Å²) >= 11 is 0. The van der Waals surface area contributed by atoms with Crippen molar-refractivity contribution in [2.24, 2.45) is 0 Å². The topological polar surface area (TPSA) is 0 Å². The summed E-state index contributed by atoms with van der Waals surface area (Å²) < 4.78 is 0. The quantitative estimate of drug-likeness (QED) is 0.491. The lowest BCUT2D eigenvalue weighted by molar-refractivity contribution is 1.16. The fourth-order valence-electron chi connectivity index (χ4n) is 4.00. The van der Waals surface area contributed by atoms with Crippen molar-refractivity contribution in [3.05, 3.63) is 131 Å².